The highest BCUT2D eigenvalue weighted by Crippen LogP contribution is 2.02. The van der Waals surface area contributed by atoms with Crippen molar-refractivity contribution in [1.82, 2.24) is 0 Å². The standard InChI is InChI=1S/C8H8O.C2H6/c1-7-4-2-3-5-8(7)6-9;1-2/h2-6H,1H3;1-2H3. The highest BCUT2D eigenvalue weighted by molar-refractivity contribution is 5.76. The molecule has 0 radical (unpaired) electrons. The number of hydrogen-bond donors (Lipinski definition) is 0. The minimum atomic E-state index is 0.775. The largest absolute Gasteiger partial charge is 0.298 e. The molecule has 0 unspecified atom stereocenters. The summed E-state index contributed by atoms with van der Waals surface area (Å²) in [5.41, 5.74) is 1.81. The van der Waals surface area contributed by atoms with Crippen LogP contribution < -0.4 is 0 Å². The molecule has 1 rings (SSSR count). The maximum atomic E-state index is 10.2. The predicted octanol–water partition coefficient (Wildman–Crippen LogP) is 2.83. The molecule has 1 aromatic carbocycles. The van der Waals surface area contributed by atoms with Gasteiger partial charge in [-0.25, -0.2) is 0 Å². The second kappa shape index (κ2) is 5.66. The van der Waals surface area contributed by atoms with Crippen LogP contribution in [-0.4, -0.2) is 6.29 Å². The molecule has 1 aromatic rings. The summed E-state index contributed by atoms with van der Waals surface area (Å²) in [4.78, 5) is 10.2. The lowest BCUT2D eigenvalue weighted by molar-refractivity contribution is 0.112. The predicted molar refractivity (Wildman–Crippen MR) is 47.9 cm³/mol. The first-order valence-corrected chi connectivity index (χ1v) is 3.85. The number of carbonyl (C=O) groups excluding carboxylic acids is 1. The maximum absolute atomic E-state index is 10.2. The van der Waals surface area contributed by atoms with Crippen molar-refractivity contribution in [2.45, 2.75) is 20.8 Å². The molecule has 1 heteroatoms. The topological polar surface area (TPSA) is 17.1 Å². The summed E-state index contributed by atoms with van der Waals surface area (Å²) < 4.78 is 0. The summed E-state index contributed by atoms with van der Waals surface area (Å²) in [6, 6.07) is 7.51. The molecule has 0 heterocycles. The van der Waals surface area contributed by atoms with Crippen LogP contribution in [0.2, 0.25) is 0 Å². The van der Waals surface area contributed by atoms with Crippen molar-refractivity contribution in [3.63, 3.8) is 0 Å². The van der Waals surface area contributed by atoms with Gasteiger partial charge in [-0.2, -0.15) is 0 Å². The molecule has 0 amide bonds. The van der Waals surface area contributed by atoms with Gasteiger partial charge in [-0.1, -0.05) is 38.1 Å². The average Bonchev–Trinajstić information content (AvgIpc) is 2.09. The van der Waals surface area contributed by atoms with E-state index in [4.69, 9.17) is 0 Å². The Kier molecular flexibility index (Phi) is 5.09. The number of aryl methyl sites for hydroxylation is 1. The fourth-order valence-corrected chi connectivity index (χ4v) is 0.719. The second-order valence-electron chi connectivity index (χ2n) is 1.97. The molecule has 0 fully saturated rings. The lowest BCUT2D eigenvalue weighted by Gasteiger charge is -1.92. The van der Waals surface area contributed by atoms with Crippen molar-refractivity contribution in [2.24, 2.45) is 0 Å². The zero-order chi connectivity index (χ0) is 8.69. The molecule has 0 aliphatic rings. The van der Waals surface area contributed by atoms with E-state index in [9.17, 15) is 4.79 Å². The van der Waals surface area contributed by atoms with E-state index < -0.39 is 0 Å². The molecule has 1 nitrogen and oxygen atoms in total. The number of aldehydes is 1. The van der Waals surface area contributed by atoms with Gasteiger partial charge in [-0.15, -0.1) is 0 Å². The van der Waals surface area contributed by atoms with Gasteiger partial charge in [0, 0.05) is 5.56 Å². The molecule has 0 aliphatic carbocycles. The molecule has 0 saturated heterocycles. The maximum Gasteiger partial charge on any atom is 0.150 e. The molecule has 11 heavy (non-hydrogen) atoms. The summed E-state index contributed by atoms with van der Waals surface area (Å²) in [5.74, 6) is 0. The molecule has 60 valence electrons. The third-order valence-electron chi connectivity index (χ3n) is 1.32. The van der Waals surface area contributed by atoms with E-state index in [0.717, 1.165) is 17.4 Å². The van der Waals surface area contributed by atoms with Crippen LogP contribution in [0, 0.1) is 6.92 Å². The Hall–Kier alpha value is -1.11. The van der Waals surface area contributed by atoms with Gasteiger partial charge in [0.2, 0.25) is 0 Å². The van der Waals surface area contributed by atoms with E-state index in [1.165, 1.54) is 0 Å². The van der Waals surface area contributed by atoms with Gasteiger partial charge in [0.1, 0.15) is 6.29 Å². The Morgan fingerprint density at radius 1 is 1.18 bits per heavy atom. The van der Waals surface area contributed by atoms with Crippen LogP contribution in [0.4, 0.5) is 0 Å². The van der Waals surface area contributed by atoms with Crippen LogP contribution in [0.25, 0.3) is 0 Å². The van der Waals surface area contributed by atoms with Crippen molar-refractivity contribution in [1.29, 1.82) is 0 Å². The average molecular weight is 150 g/mol. The summed E-state index contributed by atoms with van der Waals surface area (Å²) in [5, 5.41) is 0. The summed E-state index contributed by atoms with van der Waals surface area (Å²) in [6.07, 6.45) is 0.870. The molecule has 0 N–H and O–H groups in total. The molecule has 0 bridgehead atoms. The zero-order valence-corrected chi connectivity index (χ0v) is 7.29. The Balaban J connectivity index is 0.000000461. The minimum absolute atomic E-state index is 0.775. The molecule has 0 spiro atoms. The van der Waals surface area contributed by atoms with Crippen LogP contribution in [-0.2, 0) is 0 Å². The van der Waals surface area contributed by atoms with Gasteiger partial charge < -0.3 is 0 Å². The van der Waals surface area contributed by atoms with E-state index in [2.05, 4.69) is 0 Å². The quantitative estimate of drug-likeness (QED) is 0.562. The molecule has 0 saturated carbocycles. The smallest absolute Gasteiger partial charge is 0.150 e. The van der Waals surface area contributed by atoms with Crippen LogP contribution in [0.1, 0.15) is 29.8 Å². The van der Waals surface area contributed by atoms with E-state index in [1.807, 2.05) is 45.0 Å². The number of rotatable bonds is 1. The van der Waals surface area contributed by atoms with Crippen LogP contribution in [0.15, 0.2) is 24.3 Å². The van der Waals surface area contributed by atoms with Crippen molar-refractivity contribution >= 4 is 6.29 Å². The molecule has 0 aromatic heterocycles. The highest BCUT2D eigenvalue weighted by Gasteiger charge is 1.90. The van der Waals surface area contributed by atoms with Crippen LogP contribution in [0.3, 0.4) is 0 Å². The van der Waals surface area contributed by atoms with Crippen molar-refractivity contribution in [3.8, 4) is 0 Å². The van der Waals surface area contributed by atoms with Gasteiger partial charge >= 0.3 is 0 Å². The monoisotopic (exact) mass is 150 g/mol. The first-order chi connectivity index (χ1) is 5.34. The van der Waals surface area contributed by atoms with Gasteiger partial charge in [-0.3, -0.25) is 4.79 Å². The number of carbonyl (C=O) groups is 1. The Morgan fingerprint density at radius 3 is 2.09 bits per heavy atom. The first-order valence-electron chi connectivity index (χ1n) is 3.85. The van der Waals surface area contributed by atoms with E-state index in [1.54, 1.807) is 0 Å². The zero-order valence-electron chi connectivity index (χ0n) is 7.29. The SMILES string of the molecule is CC.Cc1ccccc1C=O. The molecular weight excluding hydrogens is 136 g/mol. The minimum Gasteiger partial charge on any atom is -0.298 e. The molecule has 0 atom stereocenters. The number of benzene rings is 1. The summed E-state index contributed by atoms with van der Waals surface area (Å²) >= 11 is 0. The second-order valence-corrected chi connectivity index (χ2v) is 1.97. The van der Waals surface area contributed by atoms with Gasteiger partial charge in [0.05, 0.1) is 0 Å². The van der Waals surface area contributed by atoms with Crippen molar-refractivity contribution < 1.29 is 4.79 Å². The fourth-order valence-electron chi connectivity index (χ4n) is 0.719. The summed E-state index contributed by atoms with van der Waals surface area (Å²) in [7, 11) is 0. The Labute approximate surface area is 68.1 Å². The third-order valence-corrected chi connectivity index (χ3v) is 1.32. The van der Waals surface area contributed by atoms with Crippen LogP contribution in [0.5, 0.6) is 0 Å². The third kappa shape index (κ3) is 2.99. The lowest BCUT2D eigenvalue weighted by Crippen LogP contribution is -1.82. The van der Waals surface area contributed by atoms with Gasteiger partial charge in [-0.05, 0) is 12.5 Å². The summed E-state index contributed by atoms with van der Waals surface area (Å²) in [6.45, 7) is 5.92. The van der Waals surface area contributed by atoms with Crippen molar-refractivity contribution in [3.05, 3.63) is 35.4 Å². The van der Waals surface area contributed by atoms with Crippen LogP contribution >= 0.6 is 0 Å². The van der Waals surface area contributed by atoms with Gasteiger partial charge in [0.15, 0.2) is 0 Å². The fraction of sp³-hybridized carbons (Fsp3) is 0.300. The highest BCUT2D eigenvalue weighted by atomic mass is 16.1. The Bertz CT molecular complexity index is 216. The molecule has 0 aliphatic heterocycles. The lowest BCUT2D eigenvalue weighted by atomic mass is 10.1. The van der Waals surface area contributed by atoms with E-state index in [0.29, 0.717) is 0 Å². The van der Waals surface area contributed by atoms with Gasteiger partial charge in [0.25, 0.3) is 0 Å². The van der Waals surface area contributed by atoms with Crippen molar-refractivity contribution in [2.75, 3.05) is 0 Å². The molecular formula is C10H14O. The first kappa shape index (κ1) is 9.89. The normalized spacial score (nSPS) is 7.91. The number of hydrogen-bond acceptors (Lipinski definition) is 1. The van der Waals surface area contributed by atoms with E-state index in [-0.39, 0.29) is 0 Å². The van der Waals surface area contributed by atoms with E-state index >= 15 is 0 Å². The Morgan fingerprint density at radius 2 is 1.73 bits per heavy atom.